The third-order valence-corrected chi connectivity index (χ3v) is 7.86. The van der Waals surface area contributed by atoms with Gasteiger partial charge in [0.1, 0.15) is 18.2 Å². The molecule has 216 valence electrons. The molecular formula is C32H38ClN4O3S+. The number of amides is 2. The lowest BCUT2D eigenvalue weighted by Crippen LogP contribution is -2.32. The Labute approximate surface area is 251 Å². The SMILES string of the molecule is CSC1=[N+](c2ccc(NC(=O)C(Nc3cccc(CNC(=O)OC(C)(C)C)c3)c3ccccc3Cl)cc2C)CCC1. The van der Waals surface area contributed by atoms with Crippen LogP contribution in [0.2, 0.25) is 5.02 Å². The molecule has 0 aliphatic carbocycles. The summed E-state index contributed by atoms with van der Waals surface area (Å²) in [6.07, 6.45) is 3.88. The average Bonchev–Trinajstić information content (AvgIpc) is 3.39. The topological polar surface area (TPSA) is 82.5 Å². The first-order valence-corrected chi connectivity index (χ1v) is 15.3. The maximum Gasteiger partial charge on any atom is 0.407 e. The fourth-order valence-corrected chi connectivity index (χ4v) is 5.79. The zero-order valence-corrected chi connectivity index (χ0v) is 25.8. The molecule has 3 aromatic rings. The third kappa shape index (κ3) is 8.27. The van der Waals surface area contributed by atoms with Crippen LogP contribution < -0.4 is 16.0 Å². The van der Waals surface area contributed by atoms with Crippen molar-refractivity contribution >= 4 is 57.5 Å². The maximum atomic E-state index is 13.7. The molecule has 3 aromatic carbocycles. The number of ether oxygens (including phenoxy) is 1. The molecule has 0 saturated heterocycles. The van der Waals surface area contributed by atoms with E-state index in [1.165, 1.54) is 10.7 Å². The molecule has 0 radical (unpaired) electrons. The Hall–Kier alpha value is -3.49. The Morgan fingerprint density at radius 2 is 1.83 bits per heavy atom. The molecule has 0 aromatic heterocycles. The number of benzene rings is 3. The second-order valence-electron chi connectivity index (χ2n) is 11.0. The number of halogens is 1. The van der Waals surface area contributed by atoms with Crippen LogP contribution in [-0.2, 0) is 16.1 Å². The fourth-order valence-electron chi connectivity index (χ4n) is 4.79. The van der Waals surface area contributed by atoms with Crippen LogP contribution in [0.15, 0.2) is 66.7 Å². The molecule has 0 bridgehead atoms. The lowest BCUT2D eigenvalue weighted by molar-refractivity contribution is -0.428. The molecule has 4 rings (SSSR count). The molecule has 1 aliphatic heterocycles. The molecule has 0 spiro atoms. The number of carbonyl (C=O) groups is 2. The van der Waals surface area contributed by atoms with Gasteiger partial charge in [0.05, 0.1) is 0 Å². The van der Waals surface area contributed by atoms with Gasteiger partial charge in [-0.1, -0.05) is 53.7 Å². The van der Waals surface area contributed by atoms with Crippen LogP contribution in [0.25, 0.3) is 0 Å². The van der Waals surface area contributed by atoms with E-state index in [0.29, 0.717) is 16.3 Å². The molecule has 1 aliphatic rings. The van der Waals surface area contributed by atoms with Crippen LogP contribution in [0.4, 0.5) is 21.9 Å². The number of aryl methyl sites for hydroxylation is 1. The average molecular weight is 594 g/mol. The van der Waals surface area contributed by atoms with Crippen LogP contribution in [0.3, 0.4) is 0 Å². The normalized spacial score (nSPS) is 14.0. The second-order valence-corrected chi connectivity index (χ2v) is 12.3. The molecule has 9 heteroatoms. The minimum Gasteiger partial charge on any atom is -0.444 e. The van der Waals surface area contributed by atoms with E-state index < -0.39 is 17.7 Å². The van der Waals surface area contributed by atoms with E-state index >= 15 is 0 Å². The van der Waals surface area contributed by atoms with Crippen molar-refractivity contribution < 1.29 is 18.9 Å². The number of alkyl carbamates (subject to hydrolysis) is 1. The molecule has 41 heavy (non-hydrogen) atoms. The summed E-state index contributed by atoms with van der Waals surface area (Å²) in [5.41, 5.74) is 4.64. The van der Waals surface area contributed by atoms with Gasteiger partial charge < -0.3 is 20.7 Å². The number of nitrogens with one attached hydrogen (secondary N) is 3. The van der Waals surface area contributed by atoms with Crippen molar-refractivity contribution in [3.05, 3.63) is 88.4 Å². The molecule has 3 N–H and O–H groups in total. The lowest BCUT2D eigenvalue weighted by Gasteiger charge is -2.22. The molecule has 1 heterocycles. The summed E-state index contributed by atoms with van der Waals surface area (Å²) >= 11 is 8.35. The molecule has 1 atom stereocenters. The van der Waals surface area contributed by atoms with Crippen molar-refractivity contribution in [2.75, 3.05) is 23.4 Å². The van der Waals surface area contributed by atoms with Gasteiger partial charge in [-0.25, -0.2) is 4.79 Å². The smallest absolute Gasteiger partial charge is 0.407 e. The van der Waals surface area contributed by atoms with Gasteiger partial charge >= 0.3 is 6.09 Å². The maximum absolute atomic E-state index is 13.7. The van der Waals surface area contributed by atoms with E-state index in [9.17, 15) is 9.59 Å². The number of anilines is 2. The highest BCUT2D eigenvalue weighted by atomic mass is 35.5. The van der Waals surface area contributed by atoms with Crippen LogP contribution in [0.5, 0.6) is 0 Å². The zero-order chi connectivity index (χ0) is 29.6. The highest BCUT2D eigenvalue weighted by Crippen LogP contribution is 2.30. The quantitative estimate of drug-likeness (QED) is 0.234. The summed E-state index contributed by atoms with van der Waals surface area (Å²) in [6.45, 7) is 8.82. The van der Waals surface area contributed by atoms with E-state index in [1.807, 2.05) is 75.4 Å². The molecule has 7 nitrogen and oxygen atoms in total. The van der Waals surface area contributed by atoms with Crippen molar-refractivity contribution in [3.8, 4) is 0 Å². The minimum atomic E-state index is -0.757. The first-order chi connectivity index (χ1) is 19.5. The number of nitrogens with zero attached hydrogens (tertiary/aromatic N) is 1. The van der Waals surface area contributed by atoms with Gasteiger partial charge in [-0.3, -0.25) is 4.79 Å². The number of hydrogen-bond donors (Lipinski definition) is 3. The first-order valence-electron chi connectivity index (χ1n) is 13.7. The number of rotatable bonds is 8. The Kier molecular flexibility index (Phi) is 9.99. The van der Waals surface area contributed by atoms with Crippen molar-refractivity contribution in [1.29, 1.82) is 0 Å². The van der Waals surface area contributed by atoms with Crippen LogP contribution in [-0.4, -0.2) is 40.0 Å². The summed E-state index contributed by atoms with van der Waals surface area (Å²) < 4.78 is 7.70. The van der Waals surface area contributed by atoms with E-state index in [1.54, 1.807) is 17.8 Å². The predicted molar refractivity (Wildman–Crippen MR) is 170 cm³/mol. The Balaban J connectivity index is 1.53. The number of hydrogen-bond acceptors (Lipinski definition) is 5. The van der Waals surface area contributed by atoms with Crippen molar-refractivity contribution in [2.24, 2.45) is 0 Å². The van der Waals surface area contributed by atoms with Gasteiger partial charge in [0, 0.05) is 53.0 Å². The van der Waals surface area contributed by atoms with Gasteiger partial charge in [0.2, 0.25) is 10.7 Å². The van der Waals surface area contributed by atoms with Gasteiger partial charge in [-0.2, -0.15) is 4.58 Å². The fraction of sp³-hybridized carbons (Fsp3) is 0.344. The predicted octanol–water partition coefficient (Wildman–Crippen LogP) is 7.66. The van der Waals surface area contributed by atoms with Gasteiger partial charge in [-0.05, 0) is 69.8 Å². The van der Waals surface area contributed by atoms with Gasteiger partial charge in [0.15, 0.2) is 0 Å². The van der Waals surface area contributed by atoms with Gasteiger partial charge in [0.25, 0.3) is 5.91 Å². The van der Waals surface area contributed by atoms with Crippen molar-refractivity contribution in [1.82, 2.24) is 5.32 Å². The summed E-state index contributed by atoms with van der Waals surface area (Å²) in [5.74, 6) is -0.236. The van der Waals surface area contributed by atoms with Crippen molar-refractivity contribution in [3.63, 3.8) is 0 Å². The summed E-state index contributed by atoms with van der Waals surface area (Å²) in [7, 11) is 0. The van der Waals surface area contributed by atoms with Crippen LogP contribution >= 0.6 is 23.4 Å². The van der Waals surface area contributed by atoms with Gasteiger partial charge in [-0.15, -0.1) is 0 Å². The lowest BCUT2D eigenvalue weighted by atomic mass is 10.0. The summed E-state index contributed by atoms with van der Waals surface area (Å²) in [5, 5.41) is 11.1. The highest BCUT2D eigenvalue weighted by molar-refractivity contribution is 8.13. The minimum absolute atomic E-state index is 0.236. The van der Waals surface area contributed by atoms with Crippen LogP contribution in [0.1, 0.15) is 56.3 Å². The molecular weight excluding hydrogens is 556 g/mol. The monoisotopic (exact) mass is 593 g/mol. The summed E-state index contributed by atoms with van der Waals surface area (Å²) in [6, 6.07) is 20.1. The Bertz CT molecular complexity index is 1450. The Morgan fingerprint density at radius 1 is 1.05 bits per heavy atom. The second kappa shape index (κ2) is 13.4. The van der Waals surface area contributed by atoms with E-state index in [-0.39, 0.29) is 12.5 Å². The van der Waals surface area contributed by atoms with Crippen molar-refractivity contribution in [2.45, 2.75) is 58.7 Å². The van der Waals surface area contributed by atoms with E-state index in [2.05, 4.69) is 39.8 Å². The van der Waals surface area contributed by atoms with E-state index in [0.717, 1.165) is 36.2 Å². The molecule has 1 unspecified atom stereocenters. The third-order valence-electron chi connectivity index (χ3n) is 6.62. The highest BCUT2D eigenvalue weighted by Gasteiger charge is 2.27. The standard InChI is InChI=1S/C32H37ClN4O3S/c1-21-18-24(15-16-27(21)37-17-9-14-28(37)41-5)36-30(38)29(25-12-6-7-13-26(25)33)35-23-11-8-10-22(19-23)20-34-31(39)40-32(2,3)4/h6-8,10-13,15-16,18-19,29,35H,9,14,17,20H2,1-5H3,(H-,34,36,38,39)/p+1. The first kappa shape index (κ1) is 30.5. The number of carbonyl (C=O) groups excluding carboxylic acids is 2. The number of thioether (sulfide) groups is 1. The molecule has 0 saturated carbocycles. The zero-order valence-electron chi connectivity index (χ0n) is 24.2. The van der Waals surface area contributed by atoms with Crippen LogP contribution in [0, 0.1) is 6.92 Å². The molecule has 0 fully saturated rings. The Morgan fingerprint density at radius 3 is 2.54 bits per heavy atom. The molecule has 2 amide bonds. The van der Waals surface area contributed by atoms with E-state index in [4.69, 9.17) is 16.3 Å². The summed E-state index contributed by atoms with van der Waals surface area (Å²) in [4.78, 5) is 25.8. The largest absolute Gasteiger partial charge is 0.444 e.